The average molecular weight is 584 g/mol. The van der Waals surface area contributed by atoms with Gasteiger partial charge >= 0.3 is 0 Å². The van der Waals surface area contributed by atoms with Crippen molar-refractivity contribution in [2.24, 2.45) is 5.92 Å². The Kier molecular flexibility index (Phi) is 10.4. The molecule has 214 valence electrons. The van der Waals surface area contributed by atoms with Gasteiger partial charge in [-0.3, -0.25) is 13.9 Å². The molecule has 3 rings (SSSR count). The fourth-order valence-electron chi connectivity index (χ4n) is 4.26. The van der Waals surface area contributed by atoms with Gasteiger partial charge in [-0.25, -0.2) is 8.42 Å². The molecule has 9 heteroatoms. The number of hydrogen-bond acceptors (Lipinski definition) is 4. The van der Waals surface area contributed by atoms with E-state index < -0.39 is 28.5 Å². The molecule has 0 fully saturated rings. The van der Waals surface area contributed by atoms with E-state index in [1.54, 1.807) is 44.2 Å². The average Bonchev–Trinajstić information content (AvgIpc) is 2.90. The van der Waals surface area contributed by atoms with Crippen molar-refractivity contribution in [2.45, 2.75) is 59.0 Å². The molecule has 0 heterocycles. The molecule has 3 aromatic rings. The zero-order chi connectivity index (χ0) is 29.6. The monoisotopic (exact) mass is 583 g/mol. The predicted octanol–water partition coefficient (Wildman–Crippen LogP) is 5.65. The number of nitrogens with one attached hydrogen (secondary N) is 1. The maximum Gasteiger partial charge on any atom is 0.264 e. The predicted molar refractivity (Wildman–Crippen MR) is 161 cm³/mol. The van der Waals surface area contributed by atoms with Crippen molar-refractivity contribution < 1.29 is 18.0 Å². The minimum Gasteiger partial charge on any atom is -0.354 e. The molecule has 0 unspecified atom stereocenters. The number of aryl methyl sites for hydroxylation is 2. The number of sulfonamides is 1. The summed E-state index contributed by atoms with van der Waals surface area (Å²) in [5, 5.41) is 3.28. The van der Waals surface area contributed by atoms with Crippen molar-refractivity contribution >= 4 is 39.1 Å². The standard InChI is InChI=1S/C31H38ClN3O4S/c1-21(2)18-33-31(37)25(6)34(19-26-10-7-9-23(4)17-26)30(36)20-35(29-12-8-11-28(32)24(29)5)40(38,39)27-15-13-22(3)14-16-27/h7-17,21,25H,18-20H2,1-6H3,(H,33,37)/t25-/m0/s1. The first-order valence-electron chi connectivity index (χ1n) is 13.3. The van der Waals surface area contributed by atoms with Crippen LogP contribution in [0.5, 0.6) is 0 Å². The first kappa shape index (κ1) is 31.2. The third-order valence-corrected chi connectivity index (χ3v) is 8.87. The number of halogens is 1. The van der Waals surface area contributed by atoms with Gasteiger partial charge in [0, 0.05) is 18.1 Å². The van der Waals surface area contributed by atoms with Crippen molar-refractivity contribution in [3.63, 3.8) is 0 Å². The summed E-state index contributed by atoms with van der Waals surface area (Å²) >= 11 is 6.38. The number of anilines is 1. The Hall–Kier alpha value is -3.36. The number of hydrogen-bond donors (Lipinski definition) is 1. The van der Waals surface area contributed by atoms with E-state index in [-0.39, 0.29) is 23.3 Å². The maximum absolute atomic E-state index is 14.0. The minimum absolute atomic E-state index is 0.0539. The van der Waals surface area contributed by atoms with Crippen molar-refractivity contribution in [3.8, 4) is 0 Å². The molecule has 0 aliphatic heterocycles. The second kappa shape index (κ2) is 13.3. The fourth-order valence-corrected chi connectivity index (χ4v) is 5.90. The van der Waals surface area contributed by atoms with E-state index in [1.807, 2.05) is 52.0 Å². The maximum atomic E-state index is 14.0. The van der Waals surface area contributed by atoms with Crippen LogP contribution in [0.1, 0.15) is 43.0 Å². The summed E-state index contributed by atoms with van der Waals surface area (Å²) < 4.78 is 29.1. The molecule has 0 aliphatic carbocycles. The van der Waals surface area contributed by atoms with Crippen molar-refractivity contribution in [1.29, 1.82) is 0 Å². The summed E-state index contributed by atoms with van der Waals surface area (Å²) in [5.41, 5.74) is 3.59. The summed E-state index contributed by atoms with van der Waals surface area (Å²) in [6.45, 7) is 11.3. The zero-order valence-electron chi connectivity index (χ0n) is 23.9. The van der Waals surface area contributed by atoms with E-state index >= 15 is 0 Å². The molecule has 0 aromatic heterocycles. The van der Waals surface area contributed by atoms with Crippen LogP contribution in [-0.4, -0.2) is 44.3 Å². The van der Waals surface area contributed by atoms with Crippen LogP contribution in [0.15, 0.2) is 71.6 Å². The molecule has 1 N–H and O–H groups in total. The highest BCUT2D eigenvalue weighted by Crippen LogP contribution is 2.31. The molecule has 0 aliphatic rings. The second-order valence-corrected chi connectivity index (χ2v) is 12.8. The topological polar surface area (TPSA) is 86.8 Å². The van der Waals surface area contributed by atoms with Crippen LogP contribution in [0.25, 0.3) is 0 Å². The van der Waals surface area contributed by atoms with Crippen LogP contribution in [0.3, 0.4) is 0 Å². The molecule has 3 aromatic carbocycles. The first-order valence-corrected chi connectivity index (χ1v) is 15.1. The Balaban J connectivity index is 2.06. The van der Waals surface area contributed by atoms with Gasteiger partial charge in [0.05, 0.1) is 10.6 Å². The molecule has 0 saturated carbocycles. The van der Waals surface area contributed by atoms with Crippen LogP contribution in [-0.2, 0) is 26.2 Å². The smallest absolute Gasteiger partial charge is 0.264 e. The number of rotatable bonds is 11. The molecule has 0 spiro atoms. The summed E-state index contributed by atoms with van der Waals surface area (Å²) in [6, 6.07) is 18.2. The molecule has 40 heavy (non-hydrogen) atoms. The van der Waals surface area contributed by atoms with E-state index in [0.29, 0.717) is 22.8 Å². The summed E-state index contributed by atoms with van der Waals surface area (Å²) in [7, 11) is -4.16. The molecule has 1 atom stereocenters. The largest absolute Gasteiger partial charge is 0.354 e. The van der Waals surface area contributed by atoms with E-state index in [9.17, 15) is 18.0 Å². The van der Waals surface area contributed by atoms with Crippen LogP contribution < -0.4 is 9.62 Å². The van der Waals surface area contributed by atoms with Crippen LogP contribution in [0, 0.1) is 26.7 Å². The van der Waals surface area contributed by atoms with Gasteiger partial charge in [-0.2, -0.15) is 0 Å². The quantitative estimate of drug-likeness (QED) is 0.316. The summed E-state index contributed by atoms with van der Waals surface area (Å²) in [6.07, 6.45) is 0. The minimum atomic E-state index is -4.16. The SMILES string of the molecule is Cc1ccc(S(=O)(=O)N(CC(=O)N(Cc2cccc(C)c2)[C@@H](C)C(=O)NCC(C)C)c2cccc(Cl)c2C)cc1. The Morgan fingerprint density at radius 3 is 2.17 bits per heavy atom. The van der Waals surface area contributed by atoms with E-state index in [4.69, 9.17) is 11.6 Å². The Morgan fingerprint density at radius 1 is 0.900 bits per heavy atom. The third-order valence-electron chi connectivity index (χ3n) is 6.68. The van der Waals surface area contributed by atoms with Crippen LogP contribution >= 0.6 is 11.6 Å². The number of carbonyl (C=O) groups excluding carboxylic acids is 2. The third kappa shape index (κ3) is 7.64. The highest BCUT2D eigenvalue weighted by Gasteiger charge is 2.33. The highest BCUT2D eigenvalue weighted by atomic mass is 35.5. The van der Waals surface area contributed by atoms with Crippen molar-refractivity contribution in [3.05, 3.63) is 94.0 Å². The Bertz CT molecular complexity index is 1460. The second-order valence-electron chi connectivity index (χ2n) is 10.5. The lowest BCUT2D eigenvalue weighted by Gasteiger charge is -2.32. The van der Waals surface area contributed by atoms with Gasteiger partial charge < -0.3 is 10.2 Å². The highest BCUT2D eigenvalue weighted by molar-refractivity contribution is 7.92. The molecule has 7 nitrogen and oxygen atoms in total. The molecule has 0 bridgehead atoms. The van der Waals surface area contributed by atoms with Gasteiger partial charge in [-0.1, -0.05) is 79.0 Å². The Labute approximate surface area is 243 Å². The Morgan fingerprint density at radius 2 is 1.55 bits per heavy atom. The van der Waals surface area contributed by atoms with Gasteiger partial charge in [-0.15, -0.1) is 0 Å². The number of benzene rings is 3. The van der Waals surface area contributed by atoms with Gasteiger partial charge in [0.25, 0.3) is 10.0 Å². The fraction of sp³-hybridized carbons (Fsp3) is 0.355. The van der Waals surface area contributed by atoms with Gasteiger partial charge in [0.1, 0.15) is 12.6 Å². The molecular weight excluding hydrogens is 546 g/mol. The van der Waals surface area contributed by atoms with Crippen molar-refractivity contribution in [2.75, 3.05) is 17.4 Å². The first-order chi connectivity index (χ1) is 18.8. The lowest BCUT2D eigenvalue weighted by atomic mass is 10.1. The van der Waals surface area contributed by atoms with E-state index in [1.165, 1.54) is 17.0 Å². The molecule has 0 radical (unpaired) electrons. The zero-order valence-corrected chi connectivity index (χ0v) is 25.5. The molecular formula is C31H38ClN3O4S. The number of amides is 2. The van der Waals surface area contributed by atoms with Gasteiger partial charge in [0.2, 0.25) is 11.8 Å². The molecule has 0 saturated heterocycles. The normalized spacial score (nSPS) is 12.2. The summed E-state index contributed by atoms with van der Waals surface area (Å²) in [4.78, 5) is 28.6. The molecule has 2 amide bonds. The van der Waals surface area contributed by atoms with Crippen molar-refractivity contribution in [1.82, 2.24) is 10.2 Å². The van der Waals surface area contributed by atoms with Crippen LogP contribution in [0.4, 0.5) is 5.69 Å². The lowest BCUT2D eigenvalue weighted by molar-refractivity contribution is -0.139. The van der Waals surface area contributed by atoms with E-state index in [0.717, 1.165) is 21.0 Å². The summed E-state index contributed by atoms with van der Waals surface area (Å²) in [5.74, 6) is -0.580. The van der Waals surface area contributed by atoms with E-state index in [2.05, 4.69) is 5.32 Å². The number of carbonyl (C=O) groups is 2. The van der Waals surface area contributed by atoms with Crippen LogP contribution in [0.2, 0.25) is 5.02 Å². The number of nitrogens with zero attached hydrogens (tertiary/aromatic N) is 2. The lowest BCUT2D eigenvalue weighted by Crippen LogP contribution is -2.51. The van der Waals surface area contributed by atoms with Gasteiger partial charge in [-0.05, 0) is 69.0 Å². The van der Waals surface area contributed by atoms with Gasteiger partial charge in [0.15, 0.2) is 0 Å².